The van der Waals surface area contributed by atoms with E-state index in [0.29, 0.717) is 15.6 Å². The lowest BCUT2D eigenvalue weighted by molar-refractivity contribution is -0.0496. The molecule has 0 amide bonds. The van der Waals surface area contributed by atoms with Crippen molar-refractivity contribution in [2.75, 3.05) is 0 Å². The Bertz CT molecular complexity index is 564. The minimum Gasteiger partial charge on any atom is -0.432 e. The summed E-state index contributed by atoms with van der Waals surface area (Å²) in [5.41, 5.74) is 0.672. The van der Waals surface area contributed by atoms with Gasteiger partial charge in [-0.25, -0.2) is 0 Å². The molecule has 0 aliphatic carbocycles. The van der Waals surface area contributed by atoms with Gasteiger partial charge in [0.25, 0.3) is 0 Å². The molecule has 0 radical (unpaired) electrons. The Labute approximate surface area is 112 Å². The van der Waals surface area contributed by atoms with Gasteiger partial charge in [0.2, 0.25) is 0 Å². The second-order valence-corrected chi connectivity index (χ2v) is 4.20. The second kappa shape index (κ2) is 5.50. The van der Waals surface area contributed by atoms with Gasteiger partial charge in [-0.1, -0.05) is 23.2 Å². The summed E-state index contributed by atoms with van der Waals surface area (Å²) in [6.07, 6.45) is 1.46. The average molecular weight is 290 g/mol. The third kappa shape index (κ3) is 2.89. The number of pyridine rings is 1. The lowest BCUT2D eigenvalue weighted by Gasteiger charge is -2.10. The van der Waals surface area contributed by atoms with Crippen molar-refractivity contribution in [1.82, 2.24) is 4.98 Å². The van der Waals surface area contributed by atoms with Crippen molar-refractivity contribution >= 4 is 23.2 Å². The molecule has 94 valence electrons. The van der Waals surface area contributed by atoms with Crippen molar-refractivity contribution in [3.05, 3.63) is 46.6 Å². The van der Waals surface area contributed by atoms with Gasteiger partial charge in [-0.2, -0.15) is 8.78 Å². The van der Waals surface area contributed by atoms with E-state index in [1.165, 1.54) is 18.3 Å². The first-order valence-corrected chi connectivity index (χ1v) is 5.69. The van der Waals surface area contributed by atoms with Gasteiger partial charge in [-0.3, -0.25) is 4.98 Å². The Kier molecular flexibility index (Phi) is 3.99. The van der Waals surface area contributed by atoms with Gasteiger partial charge in [0, 0.05) is 16.8 Å². The van der Waals surface area contributed by atoms with Gasteiger partial charge in [0.05, 0.1) is 5.02 Å². The molecule has 0 atom stereocenters. The number of aromatic nitrogens is 1. The second-order valence-electron chi connectivity index (χ2n) is 3.35. The van der Waals surface area contributed by atoms with Crippen molar-refractivity contribution < 1.29 is 13.5 Å². The molecular weight excluding hydrogens is 283 g/mol. The van der Waals surface area contributed by atoms with Crippen LogP contribution in [0.2, 0.25) is 10.0 Å². The maximum atomic E-state index is 12.3. The quantitative estimate of drug-likeness (QED) is 0.820. The molecule has 0 aliphatic rings. The normalized spacial score (nSPS) is 10.7. The van der Waals surface area contributed by atoms with E-state index < -0.39 is 6.61 Å². The molecule has 0 spiro atoms. The Morgan fingerprint density at radius 1 is 1.17 bits per heavy atom. The Morgan fingerprint density at radius 3 is 2.67 bits per heavy atom. The smallest absolute Gasteiger partial charge is 0.387 e. The van der Waals surface area contributed by atoms with E-state index in [1.807, 2.05) is 0 Å². The molecule has 1 aromatic carbocycles. The summed E-state index contributed by atoms with van der Waals surface area (Å²) in [4.78, 5) is 4.00. The molecule has 1 aromatic heterocycles. The van der Waals surface area contributed by atoms with Gasteiger partial charge in [0.15, 0.2) is 5.75 Å². The van der Waals surface area contributed by atoms with Crippen LogP contribution in [-0.4, -0.2) is 11.6 Å². The molecule has 2 rings (SSSR count). The number of hydrogen-bond donors (Lipinski definition) is 0. The van der Waals surface area contributed by atoms with Crippen LogP contribution in [0.1, 0.15) is 0 Å². The predicted octanol–water partition coefficient (Wildman–Crippen LogP) is 4.66. The van der Waals surface area contributed by atoms with Gasteiger partial charge < -0.3 is 4.74 Å². The fourth-order valence-electron chi connectivity index (χ4n) is 1.46. The highest BCUT2D eigenvalue weighted by molar-refractivity contribution is 6.35. The number of benzene rings is 1. The predicted molar refractivity (Wildman–Crippen MR) is 66.3 cm³/mol. The van der Waals surface area contributed by atoms with Crippen molar-refractivity contribution in [2.24, 2.45) is 0 Å². The maximum absolute atomic E-state index is 12.3. The van der Waals surface area contributed by atoms with Crippen LogP contribution in [0, 0.1) is 0 Å². The van der Waals surface area contributed by atoms with E-state index >= 15 is 0 Å². The Morgan fingerprint density at radius 2 is 1.94 bits per heavy atom. The molecule has 0 saturated carbocycles. The van der Waals surface area contributed by atoms with Crippen molar-refractivity contribution in [2.45, 2.75) is 6.61 Å². The summed E-state index contributed by atoms with van der Waals surface area (Å²) in [5.74, 6) is -0.0448. The zero-order valence-electron chi connectivity index (χ0n) is 8.91. The van der Waals surface area contributed by atoms with Crippen molar-refractivity contribution in [1.29, 1.82) is 0 Å². The van der Waals surface area contributed by atoms with Crippen LogP contribution in [0.3, 0.4) is 0 Å². The van der Waals surface area contributed by atoms with Crippen LogP contribution in [0.25, 0.3) is 11.3 Å². The summed E-state index contributed by atoms with van der Waals surface area (Å²) in [6, 6.07) is 7.61. The molecule has 6 heteroatoms. The number of nitrogens with zero attached hydrogens (tertiary/aromatic N) is 1. The third-order valence-electron chi connectivity index (χ3n) is 2.17. The summed E-state index contributed by atoms with van der Waals surface area (Å²) in [5, 5.41) is 0.792. The van der Waals surface area contributed by atoms with Gasteiger partial charge in [-0.05, 0) is 30.3 Å². The minimum absolute atomic E-state index is 0.0448. The molecule has 0 N–H and O–H groups in total. The van der Waals surface area contributed by atoms with E-state index in [9.17, 15) is 8.78 Å². The zero-order chi connectivity index (χ0) is 13.1. The van der Waals surface area contributed by atoms with Crippen LogP contribution in [-0.2, 0) is 0 Å². The zero-order valence-corrected chi connectivity index (χ0v) is 10.4. The summed E-state index contributed by atoms with van der Waals surface area (Å²) in [7, 11) is 0. The van der Waals surface area contributed by atoms with E-state index in [2.05, 4.69) is 9.72 Å². The molecule has 0 unspecified atom stereocenters. The topological polar surface area (TPSA) is 22.1 Å². The first-order chi connectivity index (χ1) is 8.58. The summed E-state index contributed by atoms with van der Waals surface area (Å²) >= 11 is 11.8. The van der Waals surface area contributed by atoms with Crippen LogP contribution in [0.15, 0.2) is 36.5 Å². The lowest BCUT2D eigenvalue weighted by atomic mass is 10.1. The molecule has 0 saturated heterocycles. The average Bonchev–Trinajstić information content (AvgIpc) is 2.32. The SMILES string of the molecule is FC(F)Oc1cccnc1-c1cc(Cl)ccc1Cl. The lowest BCUT2D eigenvalue weighted by Crippen LogP contribution is -2.04. The van der Waals surface area contributed by atoms with E-state index in [4.69, 9.17) is 23.2 Å². The third-order valence-corrected chi connectivity index (χ3v) is 2.73. The molecule has 0 fully saturated rings. The molecule has 2 aromatic rings. The number of halogens is 4. The van der Waals surface area contributed by atoms with Crippen LogP contribution < -0.4 is 4.74 Å². The van der Waals surface area contributed by atoms with Crippen LogP contribution in [0.5, 0.6) is 5.75 Å². The summed E-state index contributed by atoms with van der Waals surface area (Å²) in [6.45, 7) is -2.93. The molecular formula is C12H7Cl2F2NO. The molecule has 2 nitrogen and oxygen atoms in total. The molecule has 0 aliphatic heterocycles. The number of hydrogen-bond acceptors (Lipinski definition) is 2. The van der Waals surface area contributed by atoms with Crippen LogP contribution >= 0.6 is 23.2 Å². The van der Waals surface area contributed by atoms with E-state index in [0.717, 1.165) is 0 Å². The van der Waals surface area contributed by atoms with Crippen molar-refractivity contribution in [3.8, 4) is 17.0 Å². The number of ether oxygens (including phenoxy) is 1. The monoisotopic (exact) mass is 289 g/mol. The first kappa shape index (κ1) is 13.1. The highest BCUT2D eigenvalue weighted by Crippen LogP contribution is 2.35. The van der Waals surface area contributed by atoms with Crippen LogP contribution in [0.4, 0.5) is 8.78 Å². The molecule has 18 heavy (non-hydrogen) atoms. The largest absolute Gasteiger partial charge is 0.432 e. The van der Waals surface area contributed by atoms with Crippen molar-refractivity contribution in [3.63, 3.8) is 0 Å². The first-order valence-electron chi connectivity index (χ1n) is 4.93. The number of rotatable bonds is 3. The highest BCUT2D eigenvalue weighted by atomic mass is 35.5. The standard InChI is InChI=1S/C12H7Cl2F2NO/c13-7-3-4-9(14)8(6-7)11-10(18-12(15)16)2-1-5-17-11/h1-6,12H. The number of alkyl halides is 2. The molecule has 1 heterocycles. The van der Waals surface area contributed by atoms with Gasteiger partial charge in [-0.15, -0.1) is 0 Å². The minimum atomic E-state index is -2.93. The maximum Gasteiger partial charge on any atom is 0.387 e. The summed E-state index contributed by atoms with van der Waals surface area (Å²) < 4.78 is 29.0. The fourth-order valence-corrected chi connectivity index (χ4v) is 1.84. The van der Waals surface area contributed by atoms with Gasteiger partial charge >= 0.3 is 6.61 Å². The molecule has 0 bridgehead atoms. The van der Waals surface area contributed by atoms with Gasteiger partial charge in [0.1, 0.15) is 5.69 Å². The fraction of sp³-hybridized carbons (Fsp3) is 0.0833. The highest BCUT2D eigenvalue weighted by Gasteiger charge is 2.14. The Balaban J connectivity index is 2.53. The Hall–Kier alpha value is -1.39. The van der Waals surface area contributed by atoms with E-state index in [1.54, 1.807) is 18.2 Å². The van der Waals surface area contributed by atoms with E-state index in [-0.39, 0.29) is 11.4 Å².